The number of aromatic nitrogens is 2. The van der Waals surface area contributed by atoms with Gasteiger partial charge in [0.2, 0.25) is 10.0 Å². The molecule has 1 amide bonds. The maximum absolute atomic E-state index is 12.7. The van der Waals surface area contributed by atoms with Crippen LogP contribution in [0.1, 0.15) is 23.2 Å². The van der Waals surface area contributed by atoms with Gasteiger partial charge in [0.15, 0.2) is 6.29 Å². The molecule has 196 valence electrons. The lowest BCUT2D eigenvalue weighted by Gasteiger charge is -2.18. The largest absolute Gasteiger partial charge is 0.480 e. The van der Waals surface area contributed by atoms with Crippen LogP contribution in [0.5, 0.6) is 0 Å². The van der Waals surface area contributed by atoms with Gasteiger partial charge in [-0.15, -0.1) is 0 Å². The van der Waals surface area contributed by atoms with Crippen LogP contribution in [-0.4, -0.2) is 73.4 Å². The molecule has 0 fully saturated rings. The molecule has 2 aromatic carbocycles. The van der Waals surface area contributed by atoms with Crippen molar-refractivity contribution in [3.63, 3.8) is 0 Å². The first-order chi connectivity index (χ1) is 17.8. The Hall–Kier alpha value is -3.65. The summed E-state index contributed by atoms with van der Waals surface area (Å²) in [6.45, 7) is 1.92. The Morgan fingerprint density at radius 3 is 2.73 bits per heavy atom. The fourth-order valence-corrected chi connectivity index (χ4v) is 5.06. The quantitative estimate of drug-likeness (QED) is 0.213. The number of benzene rings is 2. The molecule has 1 aromatic heterocycles. The predicted molar refractivity (Wildman–Crippen MR) is 138 cm³/mol. The average molecular weight is 528 g/mol. The zero-order valence-electron chi connectivity index (χ0n) is 20.0. The van der Waals surface area contributed by atoms with Gasteiger partial charge in [-0.3, -0.25) is 29.9 Å². The van der Waals surface area contributed by atoms with E-state index in [2.05, 4.69) is 30.8 Å². The SMILES string of the molecule is O=C(NCC(NS(=O)(=O)c1ccccc1)C(=O)O)c1ccc2c(cnn2CCCNC2N=CCCN2)c1. The Balaban J connectivity index is 1.32. The van der Waals surface area contributed by atoms with E-state index in [4.69, 9.17) is 0 Å². The molecule has 12 nitrogen and oxygen atoms in total. The molecule has 0 aliphatic carbocycles. The van der Waals surface area contributed by atoms with Crippen molar-refractivity contribution in [3.8, 4) is 0 Å². The number of sulfonamides is 1. The number of fused-ring (bicyclic) bond motifs is 1. The normalized spacial score (nSPS) is 16.5. The van der Waals surface area contributed by atoms with Crippen LogP contribution in [0.4, 0.5) is 0 Å². The van der Waals surface area contributed by atoms with Gasteiger partial charge < -0.3 is 10.4 Å². The average Bonchev–Trinajstić information content (AvgIpc) is 3.32. The summed E-state index contributed by atoms with van der Waals surface area (Å²) in [5, 5.41) is 23.7. The fraction of sp³-hybridized carbons (Fsp3) is 0.333. The molecule has 13 heteroatoms. The van der Waals surface area contributed by atoms with E-state index in [9.17, 15) is 23.1 Å². The van der Waals surface area contributed by atoms with E-state index in [-0.39, 0.29) is 11.2 Å². The summed E-state index contributed by atoms with van der Waals surface area (Å²) in [6, 6.07) is 11.0. The number of hydrogen-bond acceptors (Lipinski definition) is 8. The maximum atomic E-state index is 12.7. The highest BCUT2D eigenvalue weighted by Crippen LogP contribution is 2.16. The highest BCUT2D eigenvalue weighted by molar-refractivity contribution is 7.89. The zero-order chi connectivity index (χ0) is 26.3. The number of nitrogens with zero attached hydrogens (tertiary/aromatic N) is 3. The summed E-state index contributed by atoms with van der Waals surface area (Å²) < 4.78 is 28.9. The van der Waals surface area contributed by atoms with E-state index in [1.54, 1.807) is 30.5 Å². The lowest BCUT2D eigenvalue weighted by molar-refractivity contribution is -0.138. The van der Waals surface area contributed by atoms with E-state index in [1.807, 2.05) is 10.9 Å². The molecule has 0 bridgehead atoms. The van der Waals surface area contributed by atoms with E-state index >= 15 is 0 Å². The number of aliphatic imine (C=N–C) groups is 1. The number of hydrogen-bond donors (Lipinski definition) is 5. The predicted octanol–water partition coefficient (Wildman–Crippen LogP) is 0.525. The van der Waals surface area contributed by atoms with Crippen molar-refractivity contribution in [3.05, 3.63) is 60.3 Å². The zero-order valence-corrected chi connectivity index (χ0v) is 20.8. The van der Waals surface area contributed by atoms with Gasteiger partial charge in [-0.05, 0) is 43.2 Å². The number of aliphatic carboxylic acids is 1. The van der Waals surface area contributed by atoms with E-state index in [1.165, 1.54) is 24.3 Å². The molecule has 2 unspecified atom stereocenters. The monoisotopic (exact) mass is 527 g/mol. The van der Waals surface area contributed by atoms with Crippen LogP contribution in [-0.2, 0) is 21.4 Å². The molecule has 0 saturated heterocycles. The highest BCUT2D eigenvalue weighted by Gasteiger charge is 2.26. The first kappa shape index (κ1) is 26.4. The summed E-state index contributed by atoms with van der Waals surface area (Å²) in [5.74, 6) is -1.93. The molecular weight excluding hydrogens is 498 g/mol. The first-order valence-corrected chi connectivity index (χ1v) is 13.3. The van der Waals surface area contributed by atoms with E-state index in [0.717, 1.165) is 36.8 Å². The third kappa shape index (κ3) is 6.98. The molecule has 1 aliphatic rings. The summed E-state index contributed by atoms with van der Waals surface area (Å²) in [5.41, 5.74) is 1.18. The Bertz CT molecular complexity index is 1370. The number of carboxylic acids is 1. The van der Waals surface area contributed by atoms with Crippen LogP contribution < -0.4 is 20.7 Å². The van der Waals surface area contributed by atoms with Crippen molar-refractivity contribution in [2.75, 3.05) is 19.6 Å². The van der Waals surface area contributed by atoms with Crippen LogP contribution in [0.2, 0.25) is 0 Å². The lowest BCUT2D eigenvalue weighted by atomic mass is 10.1. The van der Waals surface area contributed by atoms with Crippen molar-refractivity contribution in [2.45, 2.75) is 36.6 Å². The van der Waals surface area contributed by atoms with Gasteiger partial charge in [0.1, 0.15) is 6.04 Å². The molecule has 0 saturated carbocycles. The first-order valence-electron chi connectivity index (χ1n) is 11.9. The van der Waals surface area contributed by atoms with Crippen molar-refractivity contribution in [1.82, 2.24) is 30.5 Å². The summed E-state index contributed by atoms with van der Waals surface area (Å²) >= 11 is 0. The van der Waals surface area contributed by atoms with Crippen LogP contribution in [0.15, 0.2) is 64.6 Å². The Labute approximate surface area is 214 Å². The molecule has 0 spiro atoms. The molecule has 5 N–H and O–H groups in total. The topological polar surface area (TPSA) is 167 Å². The van der Waals surface area contributed by atoms with Crippen LogP contribution >= 0.6 is 0 Å². The molecular formula is C24H29N7O5S. The third-order valence-corrected chi connectivity index (χ3v) is 7.26. The second-order valence-electron chi connectivity index (χ2n) is 8.46. The molecule has 4 rings (SSSR count). The second kappa shape index (κ2) is 12.1. The fourth-order valence-electron chi connectivity index (χ4n) is 3.85. The third-order valence-electron chi connectivity index (χ3n) is 5.77. The van der Waals surface area contributed by atoms with Crippen molar-refractivity contribution in [2.24, 2.45) is 4.99 Å². The minimum atomic E-state index is -4.07. The molecule has 37 heavy (non-hydrogen) atoms. The number of amides is 1. The van der Waals surface area contributed by atoms with Crippen molar-refractivity contribution >= 4 is 39.0 Å². The molecule has 2 atom stereocenters. The smallest absolute Gasteiger partial charge is 0.323 e. The van der Waals surface area contributed by atoms with E-state index in [0.29, 0.717) is 12.1 Å². The van der Waals surface area contributed by atoms with Crippen molar-refractivity contribution < 1.29 is 23.1 Å². The van der Waals surface area contributed by atoms with Gasteiger partial charge in [-0.2, -0.15) is 9.82 Å². The number of aryl methyl sites for hydroxylation is 1. The van der Waals surface area contributed by atoms with Gasteiger partial charge in [0.25, 0.3) is 5.91 Å². The number of carbonyl (C=O) groups is 2. The van der Waals surface area contributed by atoms with Crippen LogP contribution in [0.3, 0.4) is 0 Å². The van der Waals surface area contributed by atoms with Gasteiger partial charge in [0, 0.05) is 43.3 Å². The number of carbonyl (C=O) groups excluding carboxylic acids is 1. The van der Waals surface area contributed by atoms with Gasteiger partial charge >= 0.3 is 5.97 Å². The highest BCUT2D eigenvalue weighted by atomic mass is 32.2. The molecule has 0 radical (unpaired) electrons. The Morgan fingerprint density at radius 1 is 1.19 bits per heavy atom. The maximum Gasteiger partial charge on any atom is 0.323 e. The van der Waals surface area contributed by atoms with Crippen LogP contribution in [0.25, 0.3) is 10.9 Å². The Kier molecular flexibility index (Phi) is 8.61. The van der Waals surface area contributed by atoms with E-state index < -0.39 is 34.5 Å². The number of carboxylic acid groups (broad SMARTS) is 1. The van der Waals surface area contributed by atoms with Gasteiger partial charge in [-0.1, -0.05) is 18.2 Å². The molecule has 3 aromatic rings. The van der Waals surface area contributed by atoms with Gasteiger partial charge in [0.05, 0.1) is 16.6 Å². The van der Waals surface area contributed by atoms with Crippen molar-refractivity contribution in [1.29, 1.82) is 0 Å². The summed E-state index contributed by atoms with van der Waals surface area (Å²) in [7, 11) is -4.07. The van der Waals surface area contributed by atoms with Gasteiger partial charge in [-0.25, -0.2) is 8.42 Å². The summed E-state index contributed by atoms with van der Waals surface area (Å²) in [4.78, 5) is 28.6. The standard InChI is InChI=1S/C24H29N7O5S/c32-22(28-16-20(23(33)34)30-37(35,36)19-6-2-1-3-7-19)17-8-9-21-18(14-17)15-29-31(21)13-5-12-27-24-25-10-4-11-26-24/h1-3,6-10,14-15,20,24,26-27,30H,4-5,11-13,16H2,(H,28,32)(H,33,34). The Morgan fingerprint density at radius 2 is 2.00 bits per heavy atom. The van der Waals surface area contributed by atoms with Crippen LogP contribution in [0, 0.1) is 0 Å². The molecule has 1 aliphatic heterocycles. The minimum Gasteiger partial charge on any atom is -0.480 e. The molecule has 2 heterocycles. The number of rotatable bonds is 12. The minimum absolute atomic E-state index is 0.0569. The lowest BCUT2D eigenvalue weighted by Crippen LogP contribution is -2.48. The number of nitrogens with one attached hydrogen (secondary N) is 4. The summed E-state index contributed by atoms with van der Waals surface area (Å²) in [6.07, 6.45) is 5.29. The second-order valence-corrected chi connectivity index (χ2v) is 10.2.